The second kappa shape index (κ2) is 9.11. The van der Waals surface area contributed by atoms with Crippen LogP contribution >= 0.6 is 0 Å². The van der Waals surface area contributed by atoms with Crippen molar-refractivity contribution in [2.24, 2.45) is 0 Å². The van der Waals surface area contributed by atoms with E-state index in [2.05, 4.69) is 34.4 Å². The summed E-state index contributed by atoms with van der Waals surface area (Å²) in [5.41, 5.74) is 5.31. The topological polar surface area (TPSA) is 94.6 Å². The monoisotopic (exact) mass is 483 g/mol. The van der Waals surface area contributed by atoms with E-state index in [0.29, 0.717) is 29.9 Å². The number of pyridine rings is 1. The van der Waals surface area contributed by atoms with Gasteiger partial charge in [-0.1, -0.05) is 6.07 Å². The number of nitrogens with one attached hydrogen (secondary N) is 2. The standard InChI is InChI=1S/C28H29N5O3/c1-16(2)33-17(3)28(36)32(4)24-15-29-26(14-23(24)33)30-20-7-5-6-19(13-20)27(35)31-21-9-10-22-18(12-21)8-11-25(22)34/h5-7,9-10,12-17H,8,11H2,1-4H3,(H,29,30)(H,31,35). The van der Waals surface area contributed by atoms with Crippen molar-refractivity contribution in [3.63, 3.8) is 0 Å². The van der Waals surface area contributed by atoms with Crippen LogP contribution in [-0.4, -0.2) is 41.7 Å². The van der Waals surface area contributed by atoms with Crippen molar-refractivity contribution in [3.8, 4) is 0 Å². The molecule has 0 bridgehead atoms. The molecule has 1 unspecified atom stereocenters. The normalized spacial score (nSPS) is 16.8. The summed E-state index contributed by atoms with van der Waals surface area (Å²) in [5, 5.41) is 6.22. The number of carbonyl (C=O) groups excluding carboxylic acids is 3. The molecule has 2 N–H and O–H groups in total. The molecule has 2 aliphatic rings. The molecule has 1 aromatic heterocycles. The van der Waals surface area contributed by atoms with E-state index < -0.39 is 0 Å². The van der Waals surface area contributed by atoms with Gasteiger partial charge in [0.25, 0.3) is 5.91 Å². The van der Waals surface area contributed by atoms with E-state index in [9.17, 15) is 14.4 Å². The Labute approximate surface area is 210 Å². The molecule has 2 heterocycles. The van der Waals surface area contributed by atoms with Crippen molar-refractivity contribution in [3.05, 3.63) is 71.4 Å². The first-order chi connectivity index (χ1) is 17.2. The van der Waals surface area contributed by atoms with Gasteiger partial charge in [0.1, 0.15) is 11.9 Å². The molecular weight excluding hydrogens is 454 g/mol. The number of benzene rings is 2. The minimum absolute atomic E-state index is 0.0346. The lowest BCUT2D eigenvalue weighted by Crippen LogP contribution is -2.53. The minimum atomic E-state index is -0.276. The molecule has 8 nitrogen and oxygen atoms in total. The zero-order valence-electron chi connectivity index (χ0n) is 20.8. The van der Waals surface area contributed by atoms with Crippen molar-refractivity contribution < 1.29 is 14.4 Å². The highest BCUT2D eigenvalue weighted by Gasteiger charge is 2.35. The van der Waals surface area contributed by atoms with Crippen molar-refractivity contribution >= 4 is 46.2 Å². The number of carbonyl (C=O) groups is 3. The van der Waals surface area contributed by atoms with E-state index in [1.54, 1.807) is 42.4 Å². The Morgan fingerprint density at radius 3 is 2.61 bits per heavy atom. The van der Waals surface area contributed by atoms with Gasteiger partial charge in [-0.2, -0.15) is 0 Å². The summed E-state index contributed by atoms with van der Waals surface area (Å²) in [5.74, 6) is 0.575. The van der Waals surface area contributed by atoms with E-state index >= 15 is 0 Å². The minimum Gasteiger partial charge on any atom is -0.355 e. The third-order valence-corrected chi connectivity index (χ3v) is 6.84. The first kappa shape index (κ1) is 23.5. The van der Waals surface area contributed by atoms with E-state index in [4.69, 9.17) is 0 Å². The third-order valence-electron chi connectivity index (χ3n) is 6.84. The molecule has 3 aromatic rings. The summed E-state index contributed by atoms with van der Waals surface area (Å²) >= 11 is 0. The number of aryl methyl sites for hydroxylation is 1. The predicted octanol–water partition coefficient (Wildman–Crippen LogP) is 4.79. The van der Waals surface area contributed by atoms with Crippen molar-refractivity contribution in [1.29, 1.82) is 0 Å². The third kappa shape index (κ3) is 4.19. The molecule has 0 saturated carbocycles. The van der Waals surface area contributed by atoms with E-state index in [-0.39, 0.29) is 29.7 Å². The highest BCUT2D eigenvalue weighted by atomic mass is 16.2. The van der Waals surface area contributed by atoms with Crippen LogP contribution in [0.1, 0.15) is 53.5 Å². The molecule has 1 atom stereocenters. The first-order valence-corrected chi connectivity index (χ1v) is 12.1. The summed E-state index contributed by atoms with van der Waals surface area (Å²) < 4.78 is 0. The number of ketones is 1. The Hall–Kier alpha value is -4.20. The summed E-state index contributed by atoms with van der Waals surface area (Å²) in [6, 6.07) is 14.4. The van der Waals surface area contributed by atoms with Crippen LogP contribution in [0.15, 0.2) is 54.7 Å². The van der Waals surface area contributed by atoms with Crippen molar-refractivity contribution in [2.45, 2.75) is 45.7 Å². The Balaban J connectivity index is 1.36. The number of likely N-dealkylation sites (N-methyl/N-ethyl adjacent to an activating group) is 1. The molecule has 1 aliphatic heterocycles. The Kier molecular flexibility index (Phi) is 5.96. The Morgan fingerprint density at radius 2 is 1.83 bits per heavy atom. The fourth-order valence-corrected chi connectivity index (χ4v) is 5.05. The van der Waals surface area contributed by atoms with Gasteiger partial charge in [-0.15, -0.1) is 0 Å². The van der Waals surface area contributed by atoms with Crippen LogP contribution in [0.2, 0.25) is 0 Å². The van der Waals surface area contributed by atoms with Crippen LogP contribution in [0, 0.1) is 0 Å². The summed E-state index contributed by atoms with van der Waals surface area (Å²) in [6.07, 6.45) is 2.94. The van der Waals surface area contributed by atoms with Crippen LogP contribution in [0.5, 0.6) is 0 Å². The van der Waals surface area contributed by atoms with E-state index in [0.717, 1.165) is 28.2 Å². The fraction of sp³-hybridized carbons (Fsp3) is 0.286. The molecule has 2 amide bonds. The highest BCUT2D eigenvalue weighted by Crippen LogP contribution is 2.38. The second-order valence-corrected chi connectivity index (χ2v) is 9.59. The molecule has 0 saturated heterocycles. The fourth-order valence-electron chi connectivity index (χ4n) is 5.05. The largest absolute Gasteiger partial charge is 0.355 e. The molecular formula is C28H29N5O3. The van der Waals surface area contributed by atoms with Gasteiger partial charge in [0, 0.05) is 48.1 Å². The zero-order valence-corrected chi connectivity index (χ0v) is 20.8. The van der Waals surface area contributed by atoms with Gasteiger partial charge in [-0.25, -0.2) is 4.98 Å². The smallest absolute Gasteiger partial charge is 0.255 e. The average Bonchev–Trinajstić information content (AvgIpc) is 3.22. The highest BCUT2D eigenvalue weighted by molar-refractivity contribution is 6.07. The SMILES string of the molecule is CC(C)N1c2cc(Nc3cccc(C(=O)Nc4ccc5c(c4)CCC5=O)c3)ncc2N(C)C(=O)C1C. The number of aromatic nitrogens is 1. The van der Waals surface area contributed by atoms with Gasteiger partial charge in [-0.05, 0) is 69.2 Å². The number of hydrogen-bond donors (Lipinski definition) is 2. The molecule has 1 aliphatic carbocycles. The number of rotatable bonds is 5. The molecule has 184 valence electrons. The molecule has 0 spiro atoms. The van der Waals surface area contributed by atoms with Crippen molar-refractivity contribution in [2.75, 3.05) is 27.5 Å². The molecule has 8 heteroatoms. The second-order valence-electron chi connectivity index (χ2n) is 9.59. The van der Waals surface area contributed by atoms with Gasteiger partial charge in [0.05, 0.1) is 17.6 Å². The number of hydrogen-bond acceptors (Lipinski definition) is 6. The summed E-state index contributed by atoms with van der Waals surface area (Å²) in [4.78, 5) is 45.7. The molecule has 0 fully saturated rings. The molecule has 0 radical (unpaired) electrons. The first-order valence-electron chi connectivity index (χ1n) is 12.1. The van der Waals surface area contributed by atoms with E-state index in [1.807, 2.05) is 31.2 Å². The van der Waals surface area contributed by atoms with E-state index in [1.165, 1.54) is 0 Å². The van der Waals surface area contributed by atoms with Gasteiger partial charge in [-0.3, -0.25) is 14.4 Å². The lowest BCUT2D eigenvalue weighted by atomic mass is 10.1. The van der Waals surface area contributed by atoms with Crippen molar-refractivity contribution in [1.82, 2.24) is 4.98 Å². The van der Waals surface area contributed by atoms with Gasteiger partial charge in [0.15, 0.2) is 5.78 Å². The quantitative estimate of drug-likeness (QED) is 0.542. The molecule has 2 aromatic carbocycles. The number of amides is 2. The summed E-state index contributed by atoms with van der Waals surface area (Å²) in [6.45, 7) is 6.04. The maximum atomic E-state index is 12.9. The molecule has 5 rings (SSSR count). The predicted molar refractivity (Wildman–Crippen MR) is 141 cm³/mol. The van der Waals surface area contributed by atoms with Crippen LogP contribution < -0.4 is 20.4 Å². The maximum absolute atomic E-state index is 12.9. The average molecular weight is 484 g/mol. The number of fused-ring (bicyclic) bond motifs is 2. The lowest BCUT2D eigenvalue weighted by molar-refractivity contribution is -0.119. The number of Topliss-reactive ketones (excluding diaryl/α,β-unsaturated/α-hetero) is 1. The van der Waals surface area contributed by atoms with Gasteiger partial charge in [0.2, 0.25) is 5.91 Å². The van der Waals surface area contributed by atoms with Crippen LogP contribution in [-0.2, 0) is 11.2 Å². The maximum Gasteiger partial charge on any atom is 0.255 e. The lowest BCUT2D eigenvalue weighted by Gasteiger charge is -2.42. The molecule has 36 heavy (non-hydrogen) atoms. The number of nitrogens with zero attached hydrogens (tertiary/aromatic N) is 3. The summed E-state index contributed by atoms with van der Waals surface area (Å²) in [7, 11) is 1.77. The Morgan fingerprint density at radius 1 is 1.03 bits per heavy atom. The zero-order chi connectivity index (χ0) is 25.6. The number of anilines is 5. The van der Waals surface area contributed by atoms with Crippen LogP contribution in [0.3, 0.4) is 0 Å². The van der Waals surface area contributed by atoms with Gasteiger partial charge < -0.3 is 20.4 Å². The van der Waals surface area contributed by atoms with Crippen LogP contribution in [0.4, 0.5) is 28.6 Å². The van der Waals surface area contributed by atoms with Crippen LogP contribution in [0.25, 0.3) is 0 Å². The van der Waals surface area contributed by atoms with Gasteiger partial charge >= 0.3 is 0 Å². The Bertz CT molecular complexity index is 1380.